The van der Waals surface area contributed by atoms with Gasteiger partial charge in [0.05, 0.1) is 17.0 Å². The van der Waals surface area contributed by atoms with Crippen LogP contribution in [0.15, 0.2) is 48.0 Å². The van der Waals surface area contributed by atoms with E-state index in [1.165, 1.54) is 12.1 Å². The Kier molecular flexibility index (Phi) is 5.07. The minimum absolute atomic E-state index is 0.0448. The lowest BCUT2D eigenvalue weighted by atomic mass is 9.67. The van der Waals surface area contributed by atoms with E-state index >= 15 is 0 Å². The Morgan fingerprint density at radius 3 is 2.63 bits per heavy atom. The Hall–Kier alpha value is -2.66. The molecule has 1 aliphatic carbocycles. The molecule has 0 bridgehead atoms. The van der Waals surface area contributed by atoms with E-state index in [4.69, 9.17) is 16.3 Å². The maximum absolute atomic E-state index is 13.5. The van der Waals surface area contributed by atoms with Gasteiger partial charge in [0.2, 0.25) is 0 Å². The largest absolute Gasteiger partial charge is 0.506 e. The van der Waals surface area contributed by atoms with Crippen molar-refractivity contribution < 1.29 is 23.8 Å². The van der Waals surface area contributed by atoms with Gasteiger partial charge < -0.3 is 9.84 Å². The van der Waals surface area contributed by atoms with Gasteiger partial charge >= 0.3 is 5.97 Å². The number of aliphatic hydroxyl groups excluding tert-OH is 1. The van der Waals surface area contributed by atoms with Crippen molar-refractivity contribution >= 4 is 29.1 Å². The van der Waals surface area contributed by atoms with Gasteiger partial charge in [-0.1, -0.05) is 41.9 Å². The summed E-state index contributed by atoms with van der Waals surface area (Å²) in [6, 6.07) is 11.1. The van der Waals surface area contributed by atoms with E-state index < -0.39 is 23.0 Å². The van der Waals surface area contributed by atoms with Crippen LogP contribution in [0.4, 0.5) is 4.39 Å². The lowest BCUT2D eigenvalue weighted by Gasteiger charge is -2.35. The topological polar surface area (TPSA) is 63.6 Å². The lowest BCUT2D eigenvalue weighted by Crippen LogP contribution is -2.42. The maximum Gasteiger partial charge on any atom is 0.345 e. The first-order chi connectivity index (χ1) is 12.8. The van der Waals surface area contributed by atoms with Crippen molar-refractivity contribution in [2.75, 3.05) is 6.61 Å². The Bertz CT molecular complexity index is 966. The van der Waals surface area contributed by atoms with Crippen molar-refractivity contribution in [1.82, 2.24) is 0 Å². The molecule has 140 valence electrons. The molecule has 6 heteroatoms. The molecular formula is C21H18ClFO4. The van der Waals surface area contributed by atoms with Crippen molar-refractivity contribution in [2.24, 2.45) is 0 Å². The second-order valence-electron chi connectivity index (χ2n) is 6.58. The number of halogens is 2. The first kappa shape index (κ1) is 19.1. The van der Waals surface area contributed by atoms with Crippen LogP contribution in [0.5, 0.6) is 0 Å². The highest BCUT2D eigenvalue weighted by Gasteiger charge is 2.46. The van der Waals surface area contributed by atoms with Crippen LogP contribution in [-0.4, -0.2) is 23.5 Å². The molecule has 0 amide bonds. The van der Waals surface area contributed by atoms with Gasteiger partial charge in [-0.25, -0.2) is 9.18 Å². The number of hydrogen-bond acceptors (Lipinski definition) is 4. The summed E-state index contributed by atoms with van der Waals surface area (Å²) in [7, 11) is 0. The fraction of sp³-hybridized carbons (Fsp3) is 0.238. The predicted molar refractivity (Wildman–Crippen MR) is 100 cm³/mol. The summed E-state index contributed by atoms with van der Waals surface area (Å²) in [5, 5.41) is 10.5. The minimum atomic E-state index is -1.15. The SMILES string of the molecule is CCOC(=O)C1=C(O)c2ccccc2C(C)(Cc2ccc(F)c(Cl)c2)C1=O. The van der Waals surface area contributed by atoms with E-state index in [1.54, 1.807) is 44.2 Å². The fourth-order valence-electron chi connectivity index (χ4n) is 3.44. The predicted octanol–water partition coefficient (Wildman–Crippen LogP) is 4.39. The highest BCUT2D eigenvalue weighted by Crippen LogP contribution is 2.42. The van der Waals surface area contributed by atoms with Crippen LogP contribution in [0, 0.1) is 5.82 Å². The quantitative estimate of drug-likeness (QED) is 0.623. The van der Waals surface area contributed by atoms with Crippen molar-refractivity contribution in [1.29, 1.82) is 0 Å². The summed E-state index contributed by atoms with van der Waals surface area (Å²) in [5.41, 5.74) is 0.103. The second-order valence-corrected chi connectivity index (χ2v) is 6.98. The van der Waals surface area contributed by atoms with Crippen LogP contribution in [0.1, 0.15) is 30.5 Å². The van der Waals surface area contributed by atoms with E-state index in [2.05, 4.69) is 0 Å². The third-order valence-electron chi connectivity index (χ3n) is 4.76. The number of esters is 1. The molecular weight excluding hydrogens is 371 g/mol. The Morgan fingerprint density at radius 2 is 1.96 bits per heavy atom. The highest BCUT2D eigenvalue weighted by molar-refractivity contribution is 6.30. The molecule has 4 nitrogen and oxygen atoms in total. The van der Waals surface area contributed by atoms with Crippen LogP contribution >= 0.6 is 11.6 Å². The molecule has 0 saturated carbocycles. The number of carbonyl (C=O) groups is 2. The van der Waals surface area contributed by atoms with E-state index in [-0.39, 0.29) is 29.4 Å². The molecule has 0 spiro atoms. The van der Waals surface area contributed by atoms with Gasteiger partial charge in [0.1, 0.15) is 17.1 Å². The van der Waals surface area contributed by atoms with E-state index in [0.717, 1.165) is 0 Å². The smallest absolute Gasteiger partial charge is 0.345 e. The average Bonchev–Trinajstić information content (AvgIpc) is 2.64. The molecule has 2 aromatic carbocycles. The summed E-state index contributed by atoms with van der Waals surface area (Å²) in [5.74, 6) is -2.34. The number of rotatable bonds is 4. The summed E-state index contributed by atoms with van der Waals surface area (Å²) in [6.45, 7) is 3.39. The second kappa shape index (κ2) is 7.16. The van der Waals surface area contributed by atoms with Crippen LogP contribution in [-0.2, 0) is 26.2 Å². The molecule has 0 heterocycles. The van der Waals surface area contributed by atoms with Crippen molar-refractivity contribution in [2.45, 2.75) is 25.7 Å². The van der Waals surface area contributed by atoms with Crippen LogP contribution in [0.3, 0.4) is 0 Å². The normalized spacial score (nSPS) is 19.0. The molecule has 3 rings (SSSR count). The number of fused-ring (bicyclic) bond motifs is 1. The molecule has 1 N–H and O–H groups in total. The van der Waals surface area contributed by atoms with E-state index in [1.807, 2.05) is 0 Å². The van der Waals surface area contributed by atoms with Crippen molar-refractivity contribution in [3.05, 3.63) is 75.6 Å². The molecule has 1 atom stereocenters. The number of Topliss-reactive ketones (excluding diaryl/α,β-unsaturated/α-hetero) is 1. The molecule has 27 heavy (non-hydrogen) atoms. The van der Waals surface area contributed by atoms with Gasteiger partial charge in [0.15, 0.2) is 5.78 Å². The van der Waals surface area contributed by atoms with Gasteiger partial charge in [0, 0.05) is 5.56 Å². The summed E-state index contributed by atoms with van der Waals surface area (Å²) >= 11 is 5.87. The first-order valence-corrected chi connectivity index (χ1v) is 8.86. The fourth-order valence-corrected chi connectivity index (χ4v) is 3.64. The molecule has 0 radical (unpaired) electrons. The van der Waals surface area contributed by atoms with E-state index in [0.29, 0.717) is 16.7 Å². The van der Waals surface area contributed by atoms with Crippen molar-refractivity contribution in [3.63, 3.8) is 0 Å². The van der Waals surface area contributed by atoms with Gasteiger partial charge in [-0.05, 0) is 43.5 Å². The third kappa shape index (κ3) is 3.23. The average molecular weight is 389 g/mol. The minimum Gasteiger partial charge on any atom is -0.506 e. The number of carbonyl (C=O) groups excluding carboxylic acids is 2. The number of ether oxygens (including phenoxy) is 1. The zero-order valence-electron chi connectivity index (χ0n) is 14.9. The molecule has 0 aliphatic heterocycles. The molecule has 0 aromatic heterocycles. The summed E-state index contributed by atoms with van der Waals surface area (Å²) in [4.78, 5) is 25.6. The van der Waals surface area contributed by atoms with Crippen LogP contribution in [0.25, 0.3) is 5.76 Å². The van der Waals surface area contributed by atoms with Gasteiger partial charge in [-0.2, -0.15) is 0 Å². The highest BCUT2D eigenvalue weighted by atomic mass is 35.5. The number of benzene rings is 2. The zero-order chi connectivity index (χ0) is 19.8. The van der Waals surface area contributed by atoms with Crippen LogP contribution in [0.2, 0.25) is 5.02 Å². The van der Waals surface area contributed by atoms with Gasteiger partial charge in [-0.3, -0.25) is 4.79 Å². The van der Waals surface area contributed by atoms with Crippen LogP contribution < -0.4 is 0 Å². The molecule has 0 fully saturated rings. The zero-order valence-corrected chi connectivity index (χ0v) is 15.6. The molecule has 1 aliphatic rings. The van der Waals surface area contributed by atoms with E-state index in [9.17, 15) is 19.1 Å². The summed E-state index contributed by atoms with van der Waals surface area (Å²) < 4.78 is 18.5. The lowest BCUT2D eigenvalue weighted by molar-refractivity contribution is -0.140. The number of aliphatic hydroxyl groups is 1. The maximum atomic E-state index is 13.5. The number of ketones is 1. The number of hydrogen-bond donors (Lipinski definition) is 1. The van der Waals surface area contributed by atoms with Gasteiger partial charge in [-0.15, -0.1) is 0 Å². The third-order valence-corrected chi connectivity index (χ3v) is 5.05. The Labute approximate surface area is 161 Å². The monoisotopic (exact) mass is 388 g/mol. The Morgan fingerprint density at radius 1 is 1.26 bits per heavy atom. The Balaban J connectivity index is 2.15. The van der Waals surface area contributed by atoms with Crippen molar-refractivity contribution in [3.8, 4) is 0 Å². The van der Waals surface area contributed by atoms with Gasteiger partial charge in [0.25, 0.3) is 0 Å². The molecule has 2 aromatic rings. The molecule has 0 saturated heterocycles. The first-order valence-electron chi connectivity index (χ1n) is 8.48. The standard InChI is InChI=1S/C21H18ClFO4/c1-3-27-20(26)17-18(24)13-6-4-5-7-14(13)21(2,19(17)25)11-12-8-9-16(23)15(22)10-12/h4-10,24H,3,11H2,1-2H3. The molecule has 1 unspecified atom stereocenters. The summed E-state index contributed by atoms with van der Waals surface area (Å²) in [6.07, 6.45) is 0.180.